The number of nitrogens with one attached hydrogen (secondary N) is 1. The standard InChI is InChI=1S/C23H20ClF3N6O2.C2HF3O2/c1-32-21(17(24)13-29-32)16-11-14(7-8-19(16)35-10-9-28)30-22(34)18-12-20(23(25,26)27)33(31-18)15-5-3-2-4-6-15;3-2(4,5)1(6)7/h2-8,11-13H,9-10,28H2,1H3,(H,30,34);(H,6,7). The smallest absolute Gasteiger partial charge is 0.490 e. The minimum absolute atomic E-state index is 0.174. The Morgan fingerprint density at radius 1 is 1.07 bits per heavy atom. The van der Waals surface area contributed by atoms with Crippen molar-refractivity contribution >= 4 is 29.2 Å². The van der Waals surface area contributed by atoms with Gasteiger partial charge in [0.1, 0.15) is 18.1 Å². The first-order valence-electron chi connectivity index (χ1n) is 11.6. The van der Waals surface area contributed by atoms with E-state index < -0.39 is 35.6 Å². The van der Waals surface area contributed by atoms with Crippen LogP contribution in [0.4, 0.5) is 32.0 Å². The molecule has 2 aromatic carbocycles. The van der Waals surface area contributed by atoms with E-state index in [9.17, 15) is 31.1 Å². The first-order chi connectivity index (χ1) is 19.6. The molecule has 2 aromatic heterocycles. The summed E-state index contributed by atoms with van der Waals surface area (Å²) in [4.78, 5) is 21.8. The molecule has 42 heavy (non-hydrogen) atoms. The molecule has 0 radical (unpaired) electrons. The highest BCUT2D eigenvalue weighted by Gasteiger charge is 2.38. The minimum atomic E-state index is -5.08. The van der Waals surface area contributed by atoms with Crippen molar-refractivity contribution in [3.05, 3.63) is 77.2 Å². The fourth-order valence-corrected chi connectivity index (χ4v) is 3.72. The van der Waals surface area contributed by atoms with Gasteiger partial charge in [-0.3, -0.25) is 9.48 Å². The summed E-state index contributed by atoms with van der Waals surface area (Å²) in [5.74, 6) is -3.12. The Hall–Kier alpha value is -4.57. The summed E-state index contributed by atoms with van der Waals surface area (Å²) in [5.41, 5.74) is 5.59. The third-order valence-electron chi connectivity index (χ3n) is 5.24. The first kappa shape index (κ1) is 32.0. The van der Waals surface area contributed by atoms with Crippen LogP contribution in [-0.4, -0.2) is 55.9 Å². The van der Waals surface area contributed by atoms with Crippen molar-refractivity contribution in [2.45, 2.75) is 12.4 Å². The Bertz CT molecular complexity index is 1530. The molecule has 224 valence electrons. The van der Waals surface area contributed by atoms with Crippen LogP contribution >= 0.6 is 11.6 Å². The lowest BCUT2D eigenvalue weighted by atomic mass is 10.1. The predicted molar refractivity (Wildman–Crippen MR) is 138 cm³/mol. The number of anilines is 1. The number of hydrogen-bond donors (Lipinski definition) is 3. The van der Waals surface area contributed by atoms with E-state index in [1.807, 2.05) is 0 Å². The zero-order valence-electron chi connectivity index (χ0n) is 21.4. The number of aryl methyl sites for hydroxylation is 1. The van der Waals surface area contributed by atoms with E-state index in [1.54, 1.807) is 43.4 Å². The zero-order chi connectivity index (χ0) is 31.2. The molecule has 17 heteroatoms. The van der Waals surface area contributed by atoms with Crippen LogP contribution in [0.3, 0.4) is 0 Å². The molecule has 1 amide bonds. The van der Waals surface area contributed by atoms with Gasteiger partial charge in [-0.2, -0.15) is 36.5 Å². The quantitative estimate of drug-likeness (QED) is 0.243. The third kappa shape index (κ3) is 7.79. The molecule has 2 heterocycles. The zero-order valence-corrected chi connectivity index (χ0v) is 22.1. The van der Waals surface area contributed by atoms with Crippen LogP contribution in [0.15, 0.2) is 60.8 Å². The summed E-state index contributed by atoms with van der Waals surface area (Å²) >= 11 is 6.29. The van der Waals surface area contributed by atoms with E-state index >= 15 is 0 Å². The van der Waals surface area contributed by atoms with Gasteiger partial charge >= 0.3 is 18.3 Å². The number of carbonyl (C=O) groups is 2. The molecule has 0 bridgehead atoms. The topological polar surface area (TPSA) is 137 Å². The van der Waals surface area contributed by atoms with E-state index in [2.05, 4.69) is 15.5 Å². The number of amides is 1. The predicted octanol–water partition coefficient (Wildman–Crippen LogP) is 5.17. The molecule has 0 unspecified atom stereocenters. The number of ether oxygens (including phenoxy) is 1. The number of para-hydroxylation sites is 1. The van der Waals surface area contributed by atoms with Gasteiger partial charge in [-0.15, -0.1) is 0 Å². The number of halogens is 7. The van der Waals surface area contributed by atoms with Crippen LogP contribution in [0, 0.1) is 0 Å². The number of hydrogen-bond acceptors (Lipinski definition) is 6. The number of nitrogens with zero attached hydrogens (tertiary/aromatic N) is 4. The Morgan fingerprint density at radius 3 is 2.24 bits per heavy atom. The van der Waals surface area contributed by atoms with Gasteiger partial charge in [0, 0.05) is 30.9 Å². The molecule has 0 saturated heterocycles. The van der Waals surface area contributed by atoms with Gasteiger partial charge in [-0.1, -0.05) is 29.8 Å². The largest absolute Gasteiger partial charge is 0.492 e. The maximum Gasteiger partial charge on any atom is 0.490 e. The highest BCUT2D eigenvalue weighted by molar-refractivity contribution is 6.33. The molecular weight excluding hydrogens is 598 g/mol. The van der Waals surface area contributed by atoms with E-state index in [-0.39, 0.29) is 18.8 Å². The Balaban J connectivity index is 0.000000616. The molecular formula is C25H21ClF6N6O4. The first-order valence-corrected chi connectivity index (χ1v) is 12.0. The minimum Gasteiger partial charge on any atom is -0.492 e. The van der Waals surface area contributed by atoms with Gasteiger partial charge in [-0.25, -0.2) is 9.48 Å². The van der Waals surface area contributed by atoms with E-state index in [4.69, 9.17) is 32.0 Å². The average molecular weight is 619 g/mol. The summed E-state index contributed by atoms with van der Waals surface area (Å²) in [6.45, 7) is 0.522. The van der Waals surface area contributed by atoms with E-state index in [1.165, 1.54) is 23.0 Å². The Morgan fingerprint density at radius 2 is 1.71 bits per heavy atom. The number of carbonyl (C=O) groups excluding carboxylic acids is 1. The Kier molecular flexibility index (Phi) is 9.85. The molecule has 0 atom stereocenters. The number of nitrogens with two attached hydrogens (primary N) is 1. The van der Waals surface area contributed by atoms with Crippen molar-refractivity contribution in [1.82, 2.24) is 19.6 Å². The van der Waals surface area contributed by atoms with Crippen LogP contribution in [0.5, 0.6) is 5.75 Å². The van der Waals surface area contributed by atoms with Crippen LogP contribution in [0.1, 0.15) is 16.2 Å². The van der Waals surface area contributed by atoms with Crippen molar-refractivity contribution in [1.29, 1.82) is 0 Å². The normalized spacial score (nSPS) is 11.5. The van der Waals surface area contributed by atoms with Gasteiger partial charge in [0.15, 0.2) is 5.69 Å². The molecule has 4 rings (SSSR count). The molecule has 0 aliphatic rings. The number of carboxylic acid groups (broad SMARTS) is 1. The maximum absolute atomic E-state index is 13.6. The van der Waals surface area contributed by atoms with E-state index in [0.29, 0.717) is 38.5 Å². The summed E-state index contributed by atoms with van der Waals surface area (Å²) in [5, 5.41) is 18.1. The van der Waals surface area contributed by atoms with Crippen LogP contribution in [0.2, 0.25) is 5.02 Å². The lowest BCUT2D eigenvalue weighted by Crippen LogP contribution is -2.21. The molecule has 4 aromatic rings. The molecule has 0 saturated carbocycles. The summed E-state index contributed by atoms with van der Waals surface area (Å²) < 4.78 is 80.6. The second-order valence-corrected chi connectivity index (χ2v) is 8.64. The van der Waals surface area contributed by atoms with Crippen LogP contribution in [-0.2, 0) is 18.0 Å². The molecule has 0 aliphatic carbocycles. The Labute approximate surface area is 238 Å². The van der Waals surface area contributed by atoms with Gasteiger partial charge in [0.2, 0.25) is 0 Å². The summed E-state index contributed by atoms with van der Waals surface area (Å²) in [6.07, 6.45) is -8.34. The fourth-order valence-electron chi connectivity index (χ4n) is 3.46. The number of aromatic nitrogens is 4. The van der Waals surface area contributed by atoms with Gasteiger partial charge in [0.25, 0.3) is 5.91 Å². The number of benzene rings is 2. The number of aliphatic carboxylic acids is 1. The molecule has 0 aliphatic heterocycles. The SMILES string of the molecule is Cn1ncc(Cl)c1-c1cc(NC(=O)c2cc(C(F)(F)F)n(-c3ccccc3)n2)ccc1OCCN.O=C(O)C(F)(F)F. The lowest BCUT2D eigenvalue weighted by Gasteiger charge is -2.14. The second kappa shape index (κ2) is 12.9. The van der Waals surface area contributed by atoms with Crippen molar-refractivity contribution in [2.75, 3.05) is 18.5 Å². The average Bonchev–Trinajstić information content (AvgIpc) is 3.52. The molecule has 10 nitrogen and oxygen atoms in total. The maximum atomic E-state index is 13.6. The summed E-state index contributed by atoms with van der Waals surface area (Å²) in [6, 6.07) is 13.2. The van der Waals surface area contributed by atoms with Crippen molar-refractivity contribution in [2.24, 2.45) is 12.8 Å². The monoisotopic (exact) mass is 618 g/mol. The molecule has 4 N–H and O–H groups in total. The molecule has 0 spiro atoms. The van der Waals surface area contributed by atoms with Crippen LogP contribution in [0.25, 0.3) is 16.9 Å². The van der Waals surface area contributed by atoms with Crippen molar-refractivity contribution in [3.8, 4) is 22.7 Å². The highest BCUT2D eigenvalue weighted by atomic mass is 35.5. The third-order valence-corrected chi connectivity index (χ3v) is 5.51. The fraction of sp³-hybridized carbons (Fsp3) is 0.200. The lowest BCUT2D eigenvalue weighted by molar-refractivity contribution is -0.192. The number of carboxylic acids is 1. The second-order valence-electron chi connectivity index (χ2n) is 8.23. The number of alkyl halides is 6. The van der Waals surface area contributed by atoms with E-state index in [0.717, 1.165) is 0 Å². The molecule has 0 fully saturated rings. The number of rotatable bonds is 7. The van der Waals surface area contributed by atoms with Gasteiger partial charge in [0.05, 0.1) is 22.6 Å². The van der Waals surface area contributed by atoms with Crippen molar-refractivity contribution in [3.63, 3.8) is 0 Å². The highest BCUT2D eigenvalue weighted by Crippen LogP contribution is 2.37. The van der Waals surface area contributed by atoms with Gasteiger partial charge in [-0.05, 0) is 30.3 Å². The van der Waals surface area contributed by atoms with Gasteiger partial charge < -0.3 is 20.9 Å². The van der Waals surface area contributed by atoms with Crippen molar-refractivity contribution < 1.29 is 45.8 Å². The summed E-state index contributed by atoms with van der Waals surface area (Å²) in [7, 11) is 1.69. The van der Waals surface area contributed by atoms with Crippen LogP contribution < -0.4 is 15.8 Å².